The van der Waals surface area contributed by atoms with Gasteiger partial charge in [-0.3, -0.25) is 4.79 Å². The molecule has 0 saturated carbocycles. The lowest BCUT2D eigenvalue weighted by atomic mass is 10.0. The molecule has 1 aromatic carbocycles. The number of nitrogen functional groups attached to an aromatic ring is 1. The number of amides is 1. The van der Waals surface area contributed by atoms with Gasteiger partial charge >= 0.3 is 6.18 Å². The Bertz CT molecular complexity index is 598. The van der Waals surface area contributed by atoms with Crippen LogP contribution in [0.4, 0.5) is 18.9 Å². The minimum Gasteiger partial charge on any atom is -0.399 e. The van der Waals surface area contributed by atoms with Gasteiger partial charge in [0.2, 0.25) is 0 Å². The molecule has 1 amide bonds. The van der Waals surface area contributed by atoms with Gasteiger partial charge in [-0.05, 0) is 30.7 Å². The van der Waals surface area contributed by atoms with Crippen molar-refractivity contribution >= 4 is 17.3 Å². The predicted octanol–water partition coefficient (Wildman–Crippen LogP) is 2.52. The van der Waals surface area contributed by atoms with E-state index < -0.39 is 24.2 Å². The molecule has 0 radical (unpaired) electrons. The number of rotatable bonds is 3. The van der Waals surface area contributed by atoms with Crippen LogP contribution < -0.4 is 5.73 Å². The highest BCUT2D eigenvalue weighted by atomic mass is 19.4. The molecule has 1 atom stereocenters. The SMILES string of the molecule is CCCC1=NN(C(=O)c2ccc(N)cc2)[C@](O)(C(F)(F)F)C1. The van der Waals surface area contributed by atoms with E-state index in [1.54, 1.807) is 6.92 Å². The number of hydrazone groups is 1. The summed E-state index contributed by atoms with van der Waals surface area (Å²) in [5.41, 5.74) is 2.66. The Labute approximate surface area is 125 Å². The molecule has 1 heterocycles. The highest BCUT2D eigenvalue weighted by Crippen LogP contribution is 2.41. The maximum absolute atomic E-state index is 13.2. The number of nitrogens with two attached hydrogens (primary N) is 1. The van der Waals surface area contributed by atoms with Crippen LogP contribution in [0.2, 0.25) is 0 Å². The highest BCUT2D eigenvalue weighted by Gasteiger charge is 2.63. The zero-order valence-electron chi connectivity index (χ0n) is 11.9. The Morgan fingerprint density at radius 2 is 2.00 bits per heavy atom. The van der Waals surface area contributed by atoms with Gasteiger partial charge < -0.3 is 10.8 Å². The number of hydrogen-bond acceptors (Lipinski definition) is 4. The van der Waals surface area contributed by atoms with E-state index in [4.69, 9.17) is 5.73 Å². The normalized spacial score (nSPS) is 21.9. The number of alkyl halides is 3. The first-order valence-corrected chi connectivity index (χ1v) is 6.74. The van der Waals surface area contributed by atoms with Crippen molar-refractivity contribution in [1.82, 2.24) is 5.01 Å². The number of anilines is 1. The first kappa shape index (κ1) is 16.3. The predicted molar refractivity (Wildman–Crippen MR) is 75.0 cm³/mol. The fourth-order valence-corrected chi connectivity index (χ4v) is 2.23. The molecule has 120 valence electrons. The van der Waals surface area contributed by atoms with E-state index in [0.29, 0.717) is 12.1 Å². The molecule has 1 aliphatic heterocycles. The summed E-state index contributed by atoms with van der Waals surface area (Å²) in [5, 5.41) is 13.8. The smallest absolute Gasteiger partial charge is 0.399 e. The summed E-state index contributed by atoms with van der Waals surface area (Å²) in [6, 6.07) is 5.38. The van der Waals surface area contributed by atoms with E-state index >= 15 is 0 Å². The summed E-state index contributed by atoms with van der Waals surface area (Å²) >= 11 is 0. The molecule has 0 fully saturated rings. The van der Waals surface area contributed by atoms with Gasteiger partial charge in [0.05, 0.1) is 0 Å². The third kappa shape index (κ3) is 2.78. The van der Waals surface area contributed by atoms with Crippen LogP contribution in [0.1, 0.15) is 36.5 Å². The topological polar surface area (TPSA) is 78.9 Å². The van der Waals surface area contributed by atoms with Crippen LogP contribution in [0.5, 0.6) is 0 Å². The summed E-state index contributed by atoms with van der Waals surface area (Å²) in [6.07, 6.45) is -4.89. The minimum atomic E-state index is -5.00. The standard InChI is InChI=1S/C14H16F3N3O2/c1-2-3-11-8-13(22,14(15,16)17)20(19-11)12(21)9-4-6-10(18)7-5-9/h4-7,22H,2-3,8,18H2,1H3/t13-/m1/s1. The van der Waals surface area contributed by atoms with Gasteiger partial charge in [-0.1, -0.05) is 13.3 Å². The van der Waals surface area contributed by atoms with Crippen molar-refractivity contribution in [2.45, 2.75) is 38.1 Å². The Kier molecular flexibility index (Phi) is 4.15. The lowest BCUT2D eigenvalue weighted by Crippen LogP contribution is -2.56. The van der Waals surface area contributed by atoms with Gasteiger partial charge in [-0.2, -0.15) is 23.3 Å². The summed E-state index contributed by atoms with van der Waals surface area (Å²) in [4.78, 5) is 12.3. The van der Waals surface area contributed by atoms with Gasteiger partial charge in [0, 0.05) is 23.4 Å². The first-order chi connectivity index (χ1) is 10.2. The van der Waals surface area contributed by atoms with E-state index in [-0.39, 0.29) is 22.7 Å². The molecule has 0 aliphatic carbocycles. The van der Waals surface area contributed by atoms with Crippen LogP contribution in [0.25, 0.3) is 0 Å². The molecule has 0 bridgehead atoms. The average molecular weight is 315 g/mol. The summed E-state index contributed by atoms with van der Waals surface area (Å²) in [7, 11) is 0. The molecule has 5 nitrogen and oxygen atoms in total. The quantitative estimate of drug-likeness (QED) is 0.841. The van der Waals surface area contributed by atoms with Crippen LogP contribution in [0.3, 0.4) is 0 Å². The number of carbonyl (C=O) groups excluding carboxylic acids is 1. The van der Waals surface area contributed by atoms with Crippen LogP contribution >= 0.6 is 0 Å². The maximum atomic E-state index is 13.2. The van der Waals surface area contributed by atoms with E-state index in [1.165, 1.54) is 24.3 Å². The third-order valence-corrected chi connectivity index (χ3v) is 3.38. The molecule has 1 aromatic rings. The van der Waals surface area contributed by atoms with Crippen LogP contribution in [-0.2, 0) is 0 Å². The van der Waals surface area contributed by atoms with E-state index in [2.05, 4.69) is 5.10 Å². The maximum Gasteiger partial charge on any atom is 0.438 e. The Balaban J connectivity index is 2.39. The number of benzene rings is 1. The Morgan fingerprint density at radius 3 is 2.50 bits per heavy atom. The lowest BCUT2D eigenvalue weighted by molar-refractivity contribution is -0.297. The zero-order chi connectivity index (χ0) is 16.5. The first-order valence-electron chi connectivity index (χ1n) is 6.74. The largest absolute Gasteiger partial charge is 0.438 e. The Morgan fingerprint density at radius 1 is 1.41 bits per heavy atom. The molecule has 1 aliphatic rings. The second kappa shape index (κ2) is 5.60. The van der Waals surface area contributed by atoms with Gasteiger partial charge in [-0.15, -0.1) is 0 Å². The molecule has 3 N–H and O–H groups in total. The van der Waals surface area contributed by atoms with Crippen molar-refractivity contribution in [2.75, 3.05) is 5.73 Å². The summed E-state index contributed by atoms with van der Waals surface area (Å²) in [6.45, 7) is 1.78. The third-order valence-electron chi connectivity index (χ3n) is 3.38. The average Bonchev–Trinajstić information content (AvgIpc) is 2.77. The fourth-order valence-electron chi connectivity index (χ4n) is 2.23. The van der Waals surface area contributed by atoms with Gasteiger partial charge in [0.15, 0.2) is 0 Å². The van der Waals surface area contributed by atoms with Gasteiger partial charge in [0.1, 0.15) is 0 Å². The highest BCUT2D eigenvalue weighted by molar-refractivity contribution is 5.98. The van der Waals surface area contributed by atoms with Crippen molar-refractivity contribution in [3.05, 3.63) is 29.8 Å². The molecule has 0 spiro atoms. The van der Waals surface area contributed by atoms with E-state index in [9.17, 15) is 23.1 Å². The number of carbonyl (C=O) groups is 1. The molecule has 22 heavy (non-hydrogen) atoms. The second-order valence-corrected chi connectivity index (χ2v) is 5.15. The van der Waals surface area contributed by atoms with Gasteiger partial charge in [0.25, 0.3) is 11.6 Å². The second-order valence-electron chi connectivity index (χ2n) is 5.15. The summed E-state index contributed by atoms with van der Waals surface area (Å²) < 4.78 is 39.6. The fraction of sp³-hybridized carbons (Fsp3) is 0.429. The molecule has 0 unspecified atom stereocenters. The van der Waals surface area contributed by atoms with Crippen molar-refractivity contribution in [1.29, 1.82) is 0 Å². The van der Waals surface area contributed by atoms with Crippen LogP contribution in [-0.4, -0.2) is 33.6 Å². The number of hydrogen-bond donors (Lipinski definition) is 2. The van der Waals surface area contributed by atoms with Crippen LogP contribution in [0, 0.1) is 0 Å². The summed E-state index contributed by atoms with van der Waals surface area (Å²) in [5.74, 6) is -1.02. The molecule has 0 aromatic heterocycles. The Hall–Kier alpha value is -2.09. The minimum absolute atomic E-state index is 0.0293. The van der Waals surface area contributed by atoms with Crippen molar-refractivity contribution in [2.24, 2.45) is 5.10 Å². The van der Waals surface area contributed by atoms with Gasteiger partial charge in [-0.25, -0.2) is 0 Å². The zero-order valence-corrected chi connectivity index (χ0v) is 11.9. The molecular formula is C14H16F3N3O2. The molecular weight excluding hydrogens is 299 g/mol. The number of nitrogens with zero attached hydrogens (tertiary/aromatic N) is 2. The van der Waals surface area contributed by atoms with Crippen molar-refractivity contribution in [3.8, 4) is 0 Å². The monoisotopic (exact) mass is 315 g/mol. The molecule has 8 heteroatoms. The van der Waals surface area contributed by atoms with E-state index in [1.807, 2.05) is 0 Å². The van der Waals surface area contributed by atoms with Crippen LogP contribution in [0.15, 0.2) is 29.4 Å². The number of halogens is 3. The van der Waals surface area contributed by atoms with E-state index in [0.717, 1.165) is 0 Å². The van der Waals surface area contributed by atoms with Crippen molar-refractivity contribution in [3.63, 3.8) is 0 Å². The molecule has 0 saturated heterocycles. The molecule has 2 rings (SSSR count). The number of aliphatic hydroxyl groups is 1. The lowest BCUT2D eigenvalue weighted by Gasteiger charge is -2.32. The van der Waals surface area contributed by atoms with Crippen molar-refractivity contribution < 1.29 is 23.1 Å².